The Balaban J connectivity index is 1.50. The Bertz CT molecular complexity index is 897. The quantitative estimate of drug-likeness (QED) is 0.730. The summed E-state index contributed by atoms with van der Waals surface area (Å²) >= 11 is 1.66. The molecule has 1 fully saturated rings. The Morgan fingerprint density at radius 1 is 1.29 bits per heavy atom. The zero-order valence-electron chi connectivity index (χ0n) is 15.8. The van der Waals surface area contributed by atoms with Crippen LogP contribution in [-0.2, 0) is 14.4 Å². The average molecular weight is 401 g/mol. The number of nitrogens with one attached hydrogen (secondary N) is 1. The minimum absolute atomic E-state index is 0.0161. The molecule has 1 aromatic carbocycles. The second-order valence-electron chi connectivity index (χ2n) is 7.13. The summed E-state index contributed by atoms with van der Waals surface area (Å²) in [6.07, 6.45) is 4.65. The Labute approximate surface area is 167 Å². The van der Waals surface area contributed by atoms with Crippen LogP contribution >= 0.6 is 11.3 Å². The van der Waals surface area contributed by atoms with Gasteiger partial charge in [0.25, 0.3) is 0 Å². The lowest BCUT2D eigenvalue weighted by atomic mass is 10.0. The Hall–Kier alpha value is -2.67. The van der Waals surface area contributed by atoms with Gasteiger partial charge in [-0.1, -0.05) is 25.1 Å². The van der Waals surface area contributed by atoms with Crippen molar-refractivity contribution in [3.8, 4) is 0 Å². The van der Waals surface area contributed by atoms with E-state index >= 15 is 0 Å². The van der Waals surface area contributed by atoms with E-state index in [1.165, 1.54) is 4.70 Å². The molecule has 1 unspecified atom stereocenters. The lowest BCUT2D eigenvalue weighted by molar-refractivity contribution is -0.141. The molecule has 6 nitrogen and oxygen atoms in total. The summed E-state index contributed by atoms with van der Waals surface area (Å²) in [4.78, 5) is 37.0. The molecular formula is C21H24N2O4S. The average Bonchev–Trinajstić information content (AvgIpc) is 3.09. The molecule has 1 aromatic heterocycles. The summed E-state index contributed by atoms with van der Waals surface area (Å²) in [7, 11) is 0. The number of carbonyl (C=O) groups is 3. The molecule has 28 heavy (non-hydrogen) atoms. The monoisotopic (exact) mass is 400 g/mol. The fourth-order valence-electron chi connectivity index (χ4n) is 3.34. The number of aliphatic carboxylic acids is 1. The molecule has 3 rings (SSSR count). The number of amides is 2. The van der Waals surface area contributed by atoms with Crippen LogP contribution in [0.5, 0.6) is 0 Å². The SMILES string of the molecule is CC(CC(=O)O)C(=O)NC1CCN(C(=O)C=Cc2csc3ccccc23)CC1. The predicted molar refractivity (Wildman–Crippen MR) is 110 cm³/mol. The lowest BCUT2D eigenvalue weighted by Crippen LogP contribution is -2.47. The van der Waals surface area contributed by atoms with Crippen LogP contribution in [0.15, 0.2) is 35.7 Å². The number of piperidine rings is 1. The van der Waals surface area contributed by atoms with Crippen molar-refractivity contribution >= 4 is 45.3 Å². The van der Waals surface area contributed by atoms with Crippen LogP contribution in [0.3, 0.4) is 0 Å². The van der Waals surface area contributed by atoms with Crippen LogP contribution in [0.25, 0.3) is 16.2 Å². The zero-order valence-corrected chi connectivity index (χ0v) is 16.6. The number of carboxylic acids is 1. The first kappa shape index (κ1) is 20.1. The Kier molecular flexibility index (Phi) is 6.46. The third kappa shape index (κ3) is 4.98. The number of fused-ring (bicyclic) bond motifs is 1. The van der Waals surface area contributed by atoms with Gasteiger partial charge in [0.2, 0.25) is 11.8 Å². The van der Waals surface area contributed by atoms with Gasteiger partial charge < -0.3 is 15.3 Å². The first-order valence-corrected chi connectivity index (χ1v) is 10.3. The number of likely N-dealkylation sites (tertiary alicyclic amines) is 1. The van der Waals surface area contributed by atoms with E-state index in [9.17, 15) is 14.4 Å². The molecule has 0 spiro atoms. The third-order valence-corrected chi connectivity index (χ3v) is 5.98. The molecule has 0 aliphatic carbocycles. The number of hydrogen-bond acceptors (Lipinski definition) is 4. The molecule has 2 heterocycles. The maximum atomic E-state index is 12.5. The highest BCUT2D eigenvalue weighted by Crippen LogP contribution is 2.26. The van der Waals surface area contributed by atoms with Gasteiger partial charge in [-0.25, -0.2) is 0 Å². The van der Waals surface area contributed by atoms with E-state index in [-0.39, 0.29) is 24.3 Å². The van der Waals surface area contributed by atoms with E-state index in [0.717, 1.165) is 10.9 Å². The van der Waals surface area contributed by atoms with Crippen LogP contribution in [0.4, 0.5) is 0 Å². The molecular weight excluding hydrogens is 376 g/mol. The molecule has 2 amide bonds. The highest BCUT2D eigenvalue weighted by molar-refractivity contribution is 7.17. The van der Waals surface area contributed by atoms with E-state index in [0.29, 0.717) is 25.9 Å². The van der Waals surface area contributed by atoms with Gasteiger partial charge in [-0.05, 0) is 41.3 Å². The summed E-state index contributed by atoms with van der Waals surface area (Å²) in [5.41, 5.74) is 1.04. The van der Waals surface area contributed by atoms with Gasteiger partial charge >= 0.3 is 5.97 Å². The van der Waals surface area contributed by atoms with Crippen molar-refractivity contribution in [1.29, 1.82) is 0 Å². The van der Waals surface area contributed by atoms with Gasteiger partial charge in [0.05, 0.1) is 6.42 Å². The Morgan fingerprint density at radius 2 is 2.00 bits per heavy atom. The molecule has 1 saturated heterocycles. The highest BCUT2D eigenvalue weighted by Gasteiger charge is 2.25. The molecule has 0 bridgehead atoms. The summed E-state index contributed by atoms with van der Waals surface area (Å²) in [5.74, 6) is -1.80. The van der Waals surface area contributed by atoms with Crippen LogP contribution in [0, 0.1) is 5.92 Å². The van der Waals surface area contributed by atoms with Crippen molar-refractivity contribution in [2.24, 2.45) is 5.92 Å². The number of hydrogen-bond donors (Lipinski definition) is 2. The van der Waals surface area contributed by atoms with Gasteiger partial charge in [0.15, 0.2) is 0 Å². The van der Waals surface area contributed by atoms with Crippen LogP contribution in [0.1, 0.15) is 31.7 Å². The van der Waals surface area contributed by atoms with Gasteiger partial charge in [-0.3, -0.25) is 14.4 Å². The predicted octanol–water partition coefficient (Wildman–Crippen LogP) is 3.13. The second-order valence-corrected chi connectivity index (χ2v) is 8.04. The standard InChI is InChI=1S/C21H24N2O4S/c1-14(12-20(25)26)21(27)22-16-8-10-23(11-9-16)19(24)7-6-15-13-28-18-5-3-2-4-17(15)18/h2-7,13-14,16H,8-12H2,1H3,(H,22,27)(H,25,26). The van der Waals surface area contributed by atoms with Crippen molar-refractivity contribution in [2.75, 3.05) is 13.1 Å². The largest absolute Gasteiger partial charge is 0.481 e. The van der Waals surface area contributed by atoms with Gasteiger partial charge in [0, 0.05) is 35.8 Å². The van der Waals surface area contributed by atoms with E-state index in [4.69, 9.17) is 5.11 Å². The molecule has 148 valence electrons. The number of nitrogens with zero attached hydrogens (tertiary/aromatic N) is 1. The van der Waals surface area contributed by atoms with Crippen LogP contribution in [-0.4, -0.2) is 46.9 Å². The molecule has 2 N–H and O–H groups in total. The summed E-state index contributed by atoms with van der Waals surface area (Å²) in [6.45, 7) is 2.76. The van der Waals surface area contributed by atoms with Gasteiger partial charge in [-0.2, -0.15) is 0 Å². The van der Waals surface area contributed by atoms with Crippen molar-refractivity contribution in [2.45, 2.75) is 32.2 Å². The van der Waals surface area contributed by atoms with Crippen molar-refractivity contribution in [3.05, 3.63) is 41.3 Å². The number of benzene rings is 1. The fraction of sp³-hybridized carbons (Fsp3) is 0.381. The molecule has 2 aromatic rings. The normalized spacial score (nSPS) is 16.4. The first-order chi connectivity index (χ1) is 13.4. The van der Waals surface area contributed by atoms with E-state index in [1.54, 1.807) is 29.2 Å². The second kappa shape index (κ2) is 9.01. The highest BCUT2D eigenvalue weighted by atomic mass is 32.1. The number of carboxylic acid groups (broad SMARTS) is 1. The van der Waals surface area contributed by atoms with Crippen molar-refractivity contribution in [1.82, 2.24) is 10.2 Å². The topological polar surface area (TPSA) is 86.7 Å². The minimum Gasteiger partial charge on any atom is -0.481 e. The molecule has 7 heteroatoms. The summed E-state index contributed by atoms with van der Waals surface area (Å²) < 4.78 is 1.20. The van der Waals surface area contributed by atoms with Crippen LogP contribution in [0.2, 0.25) is 0 Å². The summed E-state index contributed by atoms with van der Waals surface area (Å²) in [6, 6.07) is 8.09. The number of thiophene rings is 1. The number of carbonyl (C=O) groups excluding carboxylic acids is 2. The fourth-order valence-corrected chi connectivity index (χ4v) is 4.27. The minimum atomic E-state index is -0.978. The Morgan fingerprint density at radius 3 is 2.71 bits per heavy atom. The van der Waals surface area contributed by atoms with E-state index < -0.39 is 11.9 Å². The first-order valence-electron chi connectivity index (χ1n) is 9.39. The number of rotatable bonds is 6. The lowest BCUT2D eigenvalue weighted by Gasteiger charge is -2.32. The maximum absolute atomic E-state index is 12.5. The molecule has 0 saturated carbocycles. The smallest absolute Gasteiger partial charge is 0.304 e. The molecule has 1 aliphatic rings. The third-order valence-electron chi connectivity index (χ3n) is 5.00. The van der Waals surface area contributed by atoms with E-state index in [2.05, 4.69) is 22.8 Å². The molecule has 1 atom stereocenters. The van der Waals surface area contributed by atoms with Crippen molar-refractivity contribution < 1.29 is 19.5 Å². The van der Waals surface area contributed by atoms with Crippen LogP contribution < -0.4 is 5.32 Å². The van der Waals surface area contributed by atoms with E-state index in [1.807, 2.05) is 18.2 Å². The molecule has 0 radical (unpaired) electrons. The van der Waals surface area contributed by atoms with Crippen molar-refractivity contribution in [3.63, 3.8) is 0 Å². The van der Waals surface area contributed by atoms with Gasteiger partial charge in [-0.15, -0.1) is 11.3 Å². The zero-order chi connectivity index (χ0) is 20.1. The van der Waals surface area contributed by atoms with Gasteiger partial charge in [0.1, 0.15) is 0 Å². The summed E-state index contributed by atoms with van der Waals surface area (Å²) in [5, 5.41) is 14.9. The molecule has 1 aliphatic heterocycles. The maximum Gasteiger partial charge on any atom is 0.304 e.